The molecule has 94 valence electrons. The van der Waals surface area contributed by atoms with Gasteiger partial charge in [-0.15, -0.1) is 11.8 Å². The molecule has 3 aliphatic rings. The summed E-state index contributed by atoms with van der Waals surface area (Å²) in [6.07, 6.45) is 1.27. The van der Waals surface area contributed by atoms with Gasteiger partial charge in [0.15, 0.2) is 0 Å². The third kappa shape index (κ3) is 1.36. The largest absolute Gasteiger partial charge is 0.452 e. The summed E-state index contributed by atoms with van der Waals surface area (Å²) in [5, 5.41) is -0.0105. The van der Waals surface area contributed by atoms with Crippen LogP contribution in [0.15, 0.2) is 12.7 Å². The van der Waals surface area contributed by atoms with Crippen molar-refractivity contribution in [2.45, 2.75) is 34.9 Å². The maximum absolute atomic E-state index is 11.7. The molecule has 0 aromatic heterocycles. The summed E-state index contributed by atoms with van der Waals surface area (Å²) in [6.45, 7) is 5.09. The first kappa shape index (κ1) is 11.6. The fourth-order valence-electron chi connectivity index (χ4n) is 2.95. The monoisotopic (exact) mass is 276 g/mol. The van der Waals surface area contributed by atoms with Crippen LogP contribution in [0, 0.1) is 5.92 Å². The molecule has 1 saturated carbocycles. The molecule has 2 aliphatic heterocycles. The average Bonchev–Trinajstić information content (AvgIpc) is 2.83. The van der Waals surface area contributed by atoms with Crippen LogP contribution in [0.5, 0.6) is 0 Å². The molecule has 5 atom stereocenters. The molecular formula is C10H12O5S2. The summed E-state index contributed by atoms with van der Waals surface area (Å²) < 4.78 is 33.4. The van der Waals surface area contributed by atoms with Crippen LogP contribution in [0.25, 0.3) is 0 Å². The maximum atomic E-state index is 11.7. The molecule has 17 heavy (non-hydrogen) atoms. The molecule has 0 aromatic rings. The van der Waals surface area contributed by atoms with Crippen LogP contribution in [-0.2, 0) is 23.8 Å². The van der Waals surface area contributed by atoms with Crippen LogP contribution in [-0.4, -0.2) is 35.9 Å². The van der Waals surface area contributed by atoms with E-state index in [1.165, 1.54) is 11.8 Å². The van der Waals surface area contributed by atoms with E-state index in [4.69, 9.17) is 8.92 Å². The second-order valence-corrected chi connectivity index (χ2v) is 8.04. The number of thioether (sulfide) groups is 1. The average molecular weight is 276 g/mol. The van der Waals surface area contributed by atoms with Gasteiger partial charge in [-0.3, -0.25) is 4.18 Å². The van der Waals surface area contributed by atoms with Gasteiger partial charge in [0, 0.05) is 17.2 Å². The van der Waals surface area contributed by atoms with Crippen molar-refractivity contribution in [2.75, 3.05) is 0 Å². The normalized spacial score (nSPS) is 49.2. The second-order valence-electron chi connectivity index (χ2n) is 4.71. The lowest BCUT2D eigenvalue weighted by atomic mass is 9.98. The topological polar surface area (TPSA) is 69.7 Å². The Labute approximate surface area is 104 Å². The van der Waals surface area contributed by atoms with E-state index in [1.54, 1.807) is 6.92 Å². The van der Waals surface area contributed by atoms with Gasteiger partial charge in [-0.2, -0.15) is 8.42 Å². The van der Waals surface area contributed by atoms with Crippen molar-refractivity contribution in [1.82, 2.24) is 0 Å². The summed E-state index contributed by atoms with van der Waals surface area (Å²) in [7, 11) is -3.50. The number of carbonyl (C=O) groups excluding carboxylic acids is 1. The van der Waals surface area contributed by atoms with Crippen LogP contribution in [0.4, 0.5) is 0 Å². The summed E-state index contributed by atoms with van der Waals surface area (Å²) in [6, 6.07) is 0. The number of rotatable bonds is 2. The zero-order valence-electron chi connectivity index (χ0n) is 9.16. The maximum Gasteiger partial charge on any atom is 0.330 e. The van der Waals surface area contributed by atoms with Crippen molar-refractivity contribution in [2.24, 2.45) is 5.92 Å². The molecule has 3 rings (SSSR count). The van der Waals surface area contributed by atoms with Crippen molar-refractivity contribution < 1.29 is 22.1 Å². The SMILES string of the molecule is C=CC(=O)OC1(C)C2CC3C1OS(=O)(=O)C3S2. The van der Waals surface area contributed by atoms with Crippen LogP contribution in [0.1, 0.15) is 13.3 Å². The molecule has 5 nitrogen and oxygen atoms in total. The van der Waals surface area contributed by atoms with Crippen LogP contribution in [0.2, 0.25) is 0 Å². The molecule has 0 spiro atoms. The minimum absolute atomic E-state index is 0.0105. The summed E-state index contributed by atoms with van der Waals surface area (Å²) in [4.78, 5) is 11.3. The van der Waals surface area contributed by atoms with Crippen molar-refractivity contribution >= 4 is 27.8 Å². The van der Waals surface area contributed by atoms with Crippen molar-refractivity contribution in [3.05, 3.63) is 12.7 Å². The second kappa shape index (κ2) is 3.27. The Hall–Kier alpha value is -0.530. The molecular weight excluding hydrogens is 264 g/mol. The van der Waals surface area contributed by atoms with E-state index in [0.29, 0.717) is 0 Å². The number of ether oxygens (including phenoxy) is 1. The highest BCUT2D eigenvalue weighted by Crippen LogP contribution is 2.62. The number of hydrogen-bond donors (Lipinski definition) is 0. The van der Waals surface area contributed by atoms with Gasteiger partial charge in [0.2, 0.25) is 0 Å². The van der Waals surface area contributed by atoms with E-state index < -0.39 is 32.4 Å². The minimum Gasteiger partial charge on any atom is -0.452 e. The van der Waals surface area contributed by atoms with E-state index in [1.807, 2.05) is 0 Å². The number of esters is 1. The van der Waals surface area contributed by atoms with E-state index in [9.17, 15) is 13.2 Å². The van der Waals surface area contributed by atoms with E-state index in [2.05, 4.69) is 6.58 Å². The molecule has 0 aromatic carbocycles. The van der Waals surface area contributed by atoms with Gasteiger partial charge in [0.25, 0.3) is 10.1 Å². The Balaban J connectivity index is 1.96. The van der Waals surface area contributed by atoms with E-state index in [0.717, 1.165) is 12.5 Å². The zero-order chi connectivity index (χ0) is 12.4. The third-order valence-electron chi connectivity index (χ3n) is 3.74. The highest BCUT2D eigenvalue weighted by molar-refractivity contribution is 8.13. The molecule has 7 heteroatoms. The van der Waals surface area contributed by atoms with Gasteiger partial charge in [-0.1, -0.05) is 6.58 Å². The molecule has 2 saturated heterocycles. The Kier molecular flexibility index (Phi) is 2.22. The van der Waals surface area contributed by atoms with Gasteiger partial charge in [-0.05, 0) is 13.3 Å². The summed E-state index contributed by atoms with van der Waals surface area (Å²) in [5.74, 6) is -0.595. The van der Waals surface area contributed by atoms with E-state index in [-0.39, 0.29) is 11.2 Å². The quantitative estimate of drug-likeness (QED) is 0.419. The lowest BCUT2D eigenvalue weighted by molar-refractivity contribution is -0.158. The van der Waals surface area contributed by atoms with Crippen molar-refractivity contribution in [1.29, 1.82) is 0 Å². The Bertz CT molecular complexity index is 499. The fourth-order valence-corrected chi connectivity index (χ4v) is 7.01. The molecule has 3 fully saturated rings. The fraction of sp³-hybridized carbons (Fsp3) is 0.700. The third-order valence-corrected chi connectivity index (χ3v) is 7.78. The zero-order valence-corrected chi connectivity index (χ0v) is 10.8. The predicted molar refractivity (Wildman–Crippen MR) is 61.8 cm³/mol. The highest BCUT2D eigenvalue weighted by atomic mass is 32.3. The van der Waals surface area contributed by atoms with Gasteiger partial charge in [0.05, 0.1) is 0 Å². The number of carbonyl (C=O) groups is 1. The molecule has 5 unspecified atom stereocenters. The van der Waals surface area contributed by atoms with Gasteiger partial charge in [0.1, 0.15) is 16.3 Å². The molecule has 2 bridgehead atoms. The molecule has 0 radical (unpaired) electrons. The van der Waals surface area contributed by atoms with Crippen LogP contribution < -0.4 is 0 Å². The summed E-state index contributed by atoms with van der Waals surface area (Å²) in [5.41, 5.74) is -0.860. The smallest absolute Gasteiger partial charge is 0.330 e. The number of fused-ring (bicyclic) bond motifs is 1. The van der Waals surface area contributed by atoms with Gasteiger partial charge >= 0.3 is 5.97 Å². The van der Waals surface area contributed by atoms with Gasteiger partial charge in [-0.25, -0.2) is 4.79 Å². The highest BCUT2D eigenvalue weighted by Gasteiger charge is 2.71. The first-order chi connectivity index (χ1) is 7.88. The molecule has 2 heterocycles. The van der Waals surface area contributed by atoms with E-state index >= 15 is 0 Å². The first-order valence-corrected chi connectivity index (χ1v) is 7.73. The van der Waals surface area contributed by atoms with Crippen LogP contribution in [0.3, 0.4) is 0 Å². The molecule has 1 aliphatic carbocycles. The lowest BCUT2D eigenvalue weighted by Crippen LogP contribution is -2.48. The van der Waals surface area contributed by atoms with Crippen molar-refractivity contribution in [3.63, 3.8) is 0 Å². The number of hydrogen-bond acceptors (Lipinski definition) is 6. The molecule has 0 amide bonds. The standard InChI is InChI=1S/C10H12O5S2/c1-3-7(11)14-10(2)6-4-5-8(10)15-17(12,13)9(5)16-6/h3,5-6,8-9H,1,4H2,2H3. The Morgan fingerprint density at radius 1 is 1.65 bits per heavy atom. The lowest BCUT2D eigenvalue weighted by Gasteiger charge is -2.35. The first-order valence-electron chi connectivity index (χ1n) is 5.31. The molecule has 0 N–H and O–H groups in total. The predicted octanol–water partition coefficient (Wildman–Crippen LogP) is 0.664. The van der Waals surface area contributed by atoms with Crippen molar-refractivity contribution in [3.8, 4) is 0 Å². The Morgan fingerprint density at radius 2 is 2.35 bits per heavy atom. The minimum atomic E-state index is -3.50. The summed E-state index contributed by atoms with van der Waals surface area (Å²) >= 11 is 1.34. The van der Waals surface area contributed by atoms with Crippen LogP contribution >= 0.6 is 11.8 Å². The Morgan fingerprint density at radius 3 is 3.00 bits per heavy atom. The van der Waals surface area contributed by atoms with Gasteiger partial charge < -0.3 is 4.74 Å².